The monoisotopic (exact) mass is 212 g/mol. The van der Waals surface area contributed by atoms with E-state index in [2.05, 4.69) is 12.3 Å². The van der Waals surface area contributed by atoms with Gasteiger partial charge in [0.1, 0.15) is 0 Å². The van der Waals surface area contributed by atoms with Gasteiger partial charge in [-0.25, -0.2) is 5.01 Å². The highest BCUT2D eigenvalue weighted by atomic mass is 32.1. The lowest BCUT2D eigenvalue weighted by atomic mass is 10.2. The molecule has 0 aliphatic heterocycles. The van der Waals surface area contributed by atoms with Gasteiger partial charge in [-0.15, -0.1) is 11.3 Å². The summed E-state index contributed by atoms with van der Waals surface area (Å²) in [5.41, 5.74) is 3.94. The zero-order valence-corrected chi connectivity index (χ0v) is 9.86. The molecule has 0 fully saturated rings. The Kier molecular flexibility index (Phi) is 3.66. The van der Waals surface area contributed by atoms with Gasteiger partial charge in [-0.3, -0.25) is 10.2 Å². The second-order valence-electron chi connectivity index (χ2n) is 3.41. The second-order valence-corrected chi connectivity index (χ2v) is 4.54. The standard InChI is InChI=1S/C10H16N2OS/c1-5-8-7(2)6-9(14-8)10(13)11-12(3)4/h6H,5H2,1-4H3,(H,11,13). The van der Waals surface area contributed by atoms with E-state index in [1.807, 2.05) is 13.0 Å². The lowest BCUT2D eigenvalue weighted by Crippen LogP contribution is -2.35. The number of nitrogens with one attached hydrogen (secondary N) is 1. The van der Waals surface area contributed by atoms with E-state index in [4.69, 9.17) is 0 Å². The van der Waals surface area contributed by atoms with E-state index in [9.17, 15) is 4.79 Å². The third kappa shape index (κ3) is 2.56. The Bertz CT molecular complexity index is 331. The number of carbonyl (C=O) groups is 1. The van der Waals surface area contributed by atoms with Gasteiger partial charge in [-0.1, -0.05) is 6.92 Å². The molecule has 0 aromatic carbocycles. The van der Waals surface area contributed by atoms with Crippen molar-refractivity contribution < 1.29 is 4.79 Å². The number of carbonyl (C=O) groups excluding carboxylic acids is 1. The summed E-state index contributed by atoms with van der Waals surface area (Å²) in [6, 6.07) is 1.95. The van der Waals surface area contributed by atoms with Gasteiger partial charge in [0.15, 0.2) is 0 Å². The molecule has 1 aromatic rings. The summed E-state index contributed by atoms with van der Waals surface area (Å²) >= 11 is 1.57. The van der Waals surface area contributed by atoms with Crippen molar-refractivity contribution in [1.29, 1.82) is 0 Å². The second kappa shape index (κ2) is 4.57. The van der Waals surface area contributed by atoms with E-state index >= 15 is 0 Å². The molecule has 0 spiro atoms. The fraction of sp³-hybridized carbons (Fsp3) is 0.500. The molecule has 0 aliphatic rings. The number of rotatable bonds is 3. The van der Waals surface area contributed by atoms with Crippen LogP contribution in [0.15, 0.2) is 6.07 Å². The highest BCUT2D eigenvalue weighted by Crippen LogP contribution is 2.22. The highest BCUT2D eigenvalue weighted by Gasteiger charge is 2.11. The van der Waals surface area contributed by atoms with Crippen molar-refractivity contribution in [2.45, 2.75) is 20.3 Å². The topological polar surface area (TPSA) is 32.3 Å². The van der Waals surface area contributed by atoms with E-state index in [0.717, 1.165) is 11.3 Å². The Morgan fingerprint density at radius 3 is 2.64 bits per heavy atom. The Morgan fingerprint density at radius 1 is 1.57 bits per heavy atom. The first-order valence-electron chi connectivity index (χ1n) is 4.62. The van der Waals surface area contributed by atoms with Crippen LogP contribution in [0.5, 0.6) is 0 Å². The van der Waals surface area contributed by atoms with E-state index in [-0.39, 0.29) is 5.91 Å². The number of hydrogen-bond acceptors (Lipinski definition) is 3. The van der Waals surface area contributed by atoms with Gasteiger partial charge in [0, 0.05) is 19.0 Å². The van der Waals surface area contributed by atoms with E-state index < -0.39 is 0 Å². The van der Waals surface area contributed by atoms with Crippen LogP contribution in [0.25, 0.3) is 0 Å². The summed E-state index contributed by atoms with van der Waals surface area (Å²) in [6.07, 6.45) is 0.992. The van der Waals surface area contributed by atoms with Gasteiger partial charge in [-0.2, -0.15) is 0 Å². The third-order valence-electron chi connectivity index (χ3n) is 1.89. The first-order valence-corrected chi connectivity index (χ1v) is 5.43. The first kappa shape index (κ1) is 11.2. The molecular formula is C10H16N2OS. The predicted octanol–water partition coefficient (Wildman–Crippen LogP) is 1.83. The minimum atomic E-state index is -0.0252. The molecule has 0 atom stereocenters. The van der Waals surface area contributed by atoms with E-state index in [1.54, 1.807) is 30.4 Å². The molecular weight excluding hydrogens is 196 g/mol. The SMILES string of the molecule is CCc1sc(C(=O)NN(C)C)cc1C. The van der Waals surface area contributed by atoms with Crippen molar-refractivity contribution in [3.63, 3.8) is 0 Å². The lowest BCUT2D eigenvalue weighted by molar-refractivity contribution is 0.0861. The molecule has 0 saturated carbocycles. The highest BCUT2D eigenvalue weighted by molar-refractivity contribution is 7.14. The maximum Gasteiger partial charge on any atom is 0.275 e. The Hall–Kier alpha value is -0.870. The van der Waals surface area contributed by atoms with Crippen LogP contribution in [-0.2, 0) is 6.42 Å². The van der Waals surface area contributed by atoms with Crippen LogP contribution in [-0.4, -0.2) is 25.0 Å². The zero-order chi connectivity index (χ0) is 10.7. The largest absolute Gasteiger partial charge is 0.285 e. The lowest BCUT2D eigenvalue weighted by Gasteiger charge is -2.09. The average Bonchev–Trinajstić information content (AvgIpc) is 2.45. The Balaban J connectivity index is 2.80. The normalized spacial score (nSPS) is 10.6. The summed E-state index contributed by atoms with van der Waals surface area (Å²) in [6.45, 7) is 4.15. The molecule has 0 unspecified atom stereocenters. The van der Waals surface area contributed by atoms with Crippen molar-refractivity contribution in [2.75, 3.05) is 14.1 Å². The fourth-order valence-corrected chi connectivity index (χ4v) is 2.24. The number of hydrazine groups is 1. The molecule has 0 bridgehead atoms. The zero-order valence-electron chi connectivity index (χ0n) is 9.05. The fourth-order valence-electron chi connectivity index (χ4n) is 1.24. The number of nitrogens with zero attached hydrogens (tertiary/aromatic N) is 1. The van der Waals surface area contributed by atoms with Crippen molar-refractivity contribution >= 4 is 17.2 Å². The molecule has 1 heterocycles. The van der Waals surface area contributed by atoms with Gasteiger partial charge < -0.3 is 0 Å². The molecule has 0 radical (unpaired) electrons. The van der Waals surface area contributed by atoms with Crippen molar-refractivity contribution in [3.8, 4) is 0 Å². The summed E-state index contributed by atoms with van der Waals surface area (Å²) in [5.74, 6) is -0.0252. The maximum atomic E-state index is 11.6. The number of thiophene rings is 1. The number of hydrogen-bond donors (Lipinski definition) is 1. The molecule has 1 rings (SSSR count). The van der Waals surface area contributed by atoms with Gasteiger partial charge in [0.05, 0.1) is 4.88 Å². The van der Waals surface area contributed by atoms with Gasteiger partial charge in [0.2, 0.25) is 0 Å². The van der Waals surface area contributed by atoms with Crippen LogP contribution < -0.4 is 5.43 Å². The van der Waals surface area contributed by atoms with Crippen molar-refractivity contribution in [1.82, 2.24) is 10.4 Å². The van der Waals surface area contributed by atoms with Crippen LogP contribution >= 0.6 is 11.3 Å². The average molecular weight is 212 g/mol. The predicted molar refractivity (Wildman–Crippen MR) is 59.6 cm³/mol. The summed E-state index contributed by atoms with van der Waals surface area (Å²) in [4.78, 5) is 13.7. The number of amides is 1. The molecule has 1 N–H and O–H groups in total. The summed E-state index contributed by atoms with van der Waals surface area (Å²) in [5, 5.41) is 1.66. The van der Waals surface area contributed by atoms with Crippen LogP contribution in [0.2, 0.25) is 0 Å². The minimum absolute atomic E-state index is 0.0252. The van der Waals surface area contributed by atoms with E-state index in [1.165, 1.54) is 10.4 Å². The van der Waals surface area contributed by atoms with Crippen LogP contribution in [0.1, 0.15) is 27.0 Å². The van der Waals surface area contributed by atoms with Crippen LogP contribution in [0, 0.1) is 6.92 Å². The van der Waals surface area contributed by atoms with Crippen molar-refractivity contribution in [2.24, 2.45) is 0 Å². The Labute approximate surface area is 88.7 Å². The molecule has 4 heteroatoms. The van der Waals surface area contributed by atoms with E-state index in [0.29, 0.717) is 0 Å². The first-order chi connectivity index (χ1) is 6.54. The summed E-state index contributed by atoms with van der Waals surface area (Å²) < 4.78 is 0. The quantitative estimate of drug-likeness (QED) is 0.775. The molecule has 1 aromatic heterocycles. The van der Waals surface area contributed by atoms with Gasteiger partial charge >= 0.3 is 0 Å². The molecule has 0 aliphatic carbocycles. The van der Waals surface area contributed by atoms with Crippen molar-refractivity contribution in [3.05, 3.63) is 21.4 Å². The molecule has 14 heavy (non-hydrogen) atoms. The van der Waals surface area contributed by atoms with Crippen LogP contribution in [0.3, 0.4) is 0 Å². The molecule has 1 amide bonds. The van der Waals surface area contributed by atoms with Gasteiger partial charge in [0.25, 0.3) is 5.91 Å². The smallest absolute Gasteiger partial charge is 0.275 e. The van der Waals surface area contributed by atoms with Crippen LogP contribution in [0.4, 0.5) is 0 Å². The maximum absolute atomic E-state index is 11.6. The summed E-state index contributed by atoms with van der Waals surface area (Å²) in [7, 11) is 3.61. The third-order valence-corrected chi connectivity index (χ3v) is 3.27. The molecule has 78 valence electrons. The molecule has 3 nitrogen and oxygen atoms in total. The van der Waals surface area contributed by atoms with Gasteiger partial charge in [-0.05, 0) is 25.0 Å². The molecule has 0 saturated heterocycles. The Morgan fingerprint density at radius 2 is 2.21 bits per heavy atom. The number of aryl methyl sites for hydroxylation is 2. The minimum Gasteiger partial charge on any atom is -0.285 e.